The lowest BCUT2D eigenvalue weighted by atomic mass is 9.85. The van der Waals surface area contributed by atoms with Crippen molar-refractivity contribution in [3.63, 3.8) is 0 Å². The quantitative estimate of drug-likeness (QED) is 0.818. The van der Waals surface area contributed by atoms with E-state index >= 15 is 0 Å². The van der Waals surface area contributed by atoms with E-state index in [1.165, 1.54) is 0 Å². The van der Waals surface area contributed by atoms with Gasteiger partial charge in [-0.1, -0.05) is 49.5 Å². The smallest absolute Gasteiger partial charge is 0.137 e. The molecular weight excluding hydrogens is 281 g/mol. The molecule has 2 unspecified atom stereocenters. The van der Waals surface area contributed by atoms with Crippen LogP contribution in [0.15, 0.2) is 30.9 Å². The van der Waals surface area contributed by atoms with E-state index in [1.807, 2.05) is 16.8 Å². The van der Waals surface area contributed by atoms with Crippen LogP contribution in [0.5, 0.6) is 0 Å². The zero-order chi connectivity index (χ0) is 13.8. The highest BCUT2D eigenvalue weighted by atomic mass is 35.5. The topological polar surface area (TPSA) is 30.7 Å². The highest BCUT2D eigenvalue weighted by Crippen LogP contribution is 2.34. The van der Waals surface area contributed by atoms with Gasteiger partial charge in [0.25, 0.3) is 0 Å². The van der Waals surface area contributed by atoms with Crippen LogP contribution in [-0.2, 0) is 6.54 Å². The molecule has 0 spiro atoms. The molecule has 1 aromatic heterocycles. The van der Waals surface area contributed by atoms with Gasteiger partial charge in [-0.3, -0.25) is 4.68 Å². The molecular formula is C14H17Cl2N3. The molecule has 19 heavy (non-hydrogen) atoms. The third-order valence-electron chi connectivity index (χ3n) is 3.54. The van der Waals surface area contributed by atoms with Crippen LogP contribution in [-0.4, -0.2) is 14.8 Å². The first-order chi connectivity index (χ1) is 9.11. The first-order valence-corrected chi connectivity index (χ1v) is 7.14. The Kier molecular flexibility index (Phi) is 4.83. The molecule has 0 saturated heterocycles. The van der Waals surface area contributed by atoms with Gasteiger partial charge in [-0.05, 0) is 23.6 Å². The summed E-state index contributed by atoms with van der Waals surface area (Å²) in [6, 6.07) is 5.70. The van der Waals surface area contributed by atoms with Gasteiger partial charge < -0.3 is 0 Å². The average Bonchev–Trinajstić information content (AvgIpc) is 2.89. The lowest BCUT2D eigenvalue weighted by molar-refractivity contribution is 0.382. The first-order valence-electron chi connectivity index (χ1n) is 6.39. The van der Waals surface area contributed by atoms with Gasteiger partial charge in [-0.15, -0.1) is 0 Å². The predicted molar refractivity (Wildman–Crippen MR) is 78.7 cm³/mol. The van der Waals surface area contributed by atoms with E-state index in [9.17, 15) is 0 Å². The molecule has 1 heterocycles. The number of aromatic nitrogens is 3. The minimum atomic E-state index is 0.302. The van der Waals surface area contributed by atoms with Crippen molar-refractivity contribution in [2.75, 3.05) is 0 Å². The van der Waals surface area contributed by atoms with Gasteiger partial charge in [0.05, 0.1) is 0 Å². The summed E-state index contributed by atoms with van der Waals surface area (Å²) < 4.78 is 1.85. The molecule has 102 valence electrons. The van der Waals surface area contributed by atoms with E-state index in [0.717, 1.165) is 23.6 Å². The van der Waals surface area contributed by atoms with Crippen LogP contribution in [0.1, 0.15) is 31.7 Å². The standard InChI is InChI=1S/C14H17Cl2N3/c1-3-10(2)13(7-19-9-17-8-18-19)12-5-4-11(15)6-14(12)16/h4-6,8-10,13H,3,7H2,1-2H3. The van der Waals surface area contributed by atoms with Gasteiger partial charge >= 0.3 is 0 Å². The van der Waals surface area contributed by atoms with Gasteiger partial charge in [0.15, 0.2) is 0 Å². The molecule has 0 bridgehead atoms. The Balaban J connectivity index is 2.31. The molecule has 0 aliphatic heterocycles. The van der Waals surface area contributed by atoms with Gasteiger partial charge in [0.1, 0.15) is 12.7 Å². The Morgan fingerprint density at radius 2 is 2.11 bits per heavy atom. The highest BCUT2D eigenvalue weighted by Gasteiger charge is 2.21. The zero-order valence-corrected chi connectivity index (χ0v) is 12.6. The summed E-state index contributed by atoms with van der Waals surface area (Å²) in [5, 5.41) is 5.57. The average molecular weight is 298 g/mol. The summed E-state index contributed by atoms with van der Waals surface area (Å²) in [6.45, 7) is 5.19. The molecule has 0 N–H and O–H groups in total. The molecule has 0 saturated carbocycles. The van der Waals surface area contributed by atoms with E-state index in [-0.39, 0.29) is 0 Å². The molecule has 3 nitrogen and oxygen atoms in total. The summed E-state index contributed by atoms with van der Waals surface area (Å²) in [5.74, 6) is 0.805. The molecule has 0 aliphatic rings. The normalized spacial score (nSPS) is 14.3. The fourth-order valence-corrected chi connectivity index (χ4v) is 2.75. The monoisotopic (exact) mass is 297 g/mol. The summed E-state index contributed by atoms with van der Waals surface area (Å²) in [5.41, 5.74) is 1.12. The van der Waals surface area contributed by atoms with Crippen molar-refractivity contribution >= 4 is 23.2 Å². The van der Waals surface area contributed by atoms with Crippen molar-refractivity contribution in [2.24, 2.45) is 5.92 Å². The second kappa shape index (κ2) is 6.40. The Morgan fingerprint density at radius 1 is 1.32 bits per heavy atom. The second-order valence-electron chi connectivity index (χ2n) is 4.78. The van der Waals surface area contributed by atoms with Gasteiger partial charge in [-0.2, -0.15) is 5.10 Å². The van der Waals surface area contributed by atoms with Crippen molar-refractivity contribution in [1.82, 2.24) is 14.8 Å². The number of hydrogen-bond donors (Lipinski definition) is 0. The predicted octanol–water partition coefficient (Wildman–Crippen LogP) is 4.41. The zero-order valence-electron chi connectivity index (χ0n) is 11.1. The number of halogens is 2. The Labute approximate surface area is 123 Å². The summed E-state index contributed by atoms with van der Waals surface area (Å²) in [4.78, 5) is 3.99. The number of nitrogens with zero attached hydrogens (tertiary/aromatic N) is 3. The SMILES string of the molecule is CCC(C)C(Cn1cncn1)c1ccc(Cl)cc1Cl. The van der Waals surface area contributed by atoms with Crippen LogP contribution in [0.25, 0.3) is 0 Å². The third kappa shape index (κ3) is 3.48. The maximum absolute atomic E-state index is 6.34. The second-order valence-corrected chi connectivity index (χ2v) is 5.62. The minimum absolute atomic E-state index is 0.302. The van der Waals surface area contributed by atoms with Gasteiger partial charge in [0.2, 0.25) is 0 Å². The first kappa shape index (κ1) is 14.4. The molecule has 0 amide bonds. The Morgan fingerprint density at radius 3 is 2.68 bits per heavy atom. The number of benzene rings is 1. The van der Waals surface area contributed by atoms with Gasteiger partial charge in [0, 0.05) is 22.5 Å². The summed E-state index contributed by atoms with van der Waals surface area (Å²) in [6.07, 6.45) is 4.37. The summed E-state index contributed by atoms with van der Waals surface area (Å²) in [7, 11) is 0. The van der Waals surface area contributed by atoms with Crippen LogP contribution >= 0.6 is 23.2 Å². The van der Waals surface area contributed by atoms with E-state index in [1.54, 1.807) is 18.7 Å². The molecule has 1 aromatic carbocycles. The Hall–Kier alpha value is -1.06. The van der Waals surface area contributed by atoms with Crippen LogP contribution in [0.4, 0.5) is 0 Å². The van der Waals surface area contributed by atoms with Crippen LogP contribution < -0.4 is 0 Å². The fraction of sp³-hybridized carbons (Fsp3) is 0.429. The van der Waals surface area contributed by atoms with E-state index in [2.05, 4.69) is 23.9 Å². The minimum Gasteiger partial charge on any atom is -0.252 e. The lowest BCUT2D eigenvalue weighted by Gasteiger charge is -2.24. The molecule has 5 heteroatoms. The molecule has 0 radical (unpaired) electrons. The van der Waals surface area contributed by atoms with Crippen molar-refractivity contribution in [1.29, 1.82) is 0 Å². The molecule has 2 atom stereocenters. The molecule has 2 aromatic rings. The summed E-state index contributed by atoms with van der Waals surface area (Å²) >= 11 is 12.3. The number of hydrogen-bond acceptors (Lipinski definition) is 2. The van der Waals surface area contributed by atoms with E-state index in [4.69, 9.17) is 23.2 Å². The molecule has 0 aliphatic carbocycles. The lowest BCUT2D eigenvalue weighted by Crippen LogP contribution is -2.17. The van der Waals surface area contributed by atoms with Crippen LogP contribution in [0.2, 0.25) is 10.0 Å². The van der Waals surface area contributed by atoms with Gasteiger partial charge in [-0.25, -0.2) is 4.98 Å². The van der Waals surface area contributed by atoms with Crippen molar-refractivity contribution in [3.8, 4) is 0 Å². The number of rotatable bonds is 5. The highest BCUT2D eigenvalue weighted by molar-refractivity contribution is 6.35. The largest absolute Gasteiger partial charge is 0.252 e. The van der Waals surface area contributed by atoms with E-state index < -0.39 is 0 Å². The van der Waals surface area contributed by atoms with Crippen LogP contribution in [0.3, 0.4) is 0 Å². The third-order valence-corrected chi connectivity index (χ3v) is 4.11. The van der Waals surface area contributed by atoms with Crippen molar-refractivity contribution in [2.45, 2.75) is 32.7 Å². The molecule has 2 rings (SSSR count). The Bertz CT molecular complexity index is 525. The maximum atomic E-state index is 6.34. The van der Waals surface area contributed by atoms with E-state index in [0.29, 0.717) is 16.9 Å². The fourth-order valence-electron chi connectivity index (χ4n) is 2.20. The van der Waals surface area contributed by atoms with Crippen molar-refractivity contribution in [3.05, 3.63) is 46.5 Å². The van der Waals surface area contributed by atoms with Crippen LogP contribution in [0, 0.1) is 5.92 Å². The maximum Gasteiger partial charge on any atom is 0.137 e. The van der Waals surface area contributed by atoms with Crippen molar-refractivity contribution < 1.29 is 0 Å². The molecule has 0 fully saturated rings.